The van der Waals surface area contributed by atoms with E-state index in [4.69, 9.17) is 11.6 Å². The number of nitrogens with zero attached hydrogens (tertiary/aromatic N) is 1. The highest BCUT2D eigenvalue weighted by molar-refractivity contribution is 6.32. The first-order chi connectivity index (χ1) is 8.16. The Morgan fingerprint density at radius 1 is 1.47 bits per heavy atom. The summed E-state index contributed by atoms with van der Waals surface area (Å²) in [5.41, 5.74) is 0.822. The lowest BCUT2D eigenvalue weighted by molar-refractivity contribution is -0.125. The van der Waals surface area contributed by atoms with Crippen molar-refractivity contribution in [3.8, 4) is 0 Å². The first kappa shape index (κ1) is 12.1. The minimum Gasteiger partial charge on any atom is -0.391 e. The molecule has 1 heterocycles. The van der Waals surface area contributed by atoms with Crippen molar-refractivity contribution in [3.63, 3.8) is 0 Å². The Morgan fingerprint density at radius 2 is 2.24 bits per heavy atom. The lowest BCUT2D eigenvalue weighted by Gasteiger charge is -2.12. The summed E-state index contributed by atoms with van der Waals surface area (Å²) in [5, 5.41) is 9.96. The van der Waals surface area contributed by atoms with Crippen molar-refractivity contribution in [2.75, 3.05) is 13.1 Å². The zero-order valence-corrected chi connectivity index (χ0v) is 10.1. The number of aliphatic hydroxyl groups excluding tert-OH is 1. The highest BCUT2D eigenvalue weighted by atomic mass is 35.5. The summed E-state index contributed by atoms with van der Waals surface area (Å²) in [6.45, 7) is 1.04. The summed E-state index contributed by atoms with van der Waals surface area (Å²) in [6, 6.07) is 7.35. The highest BCUT2D eigenvalue weighted by Gasteiger charge is 2.22. The van der Waals surface area contributed by atoms with E-state index in [2.05, 4.69) is 0 Å². The van der Waals surface area contributed by atoms with Crippen LogP contribution in [0.4, 0.5) is 0 Å². The van der Waals surface area contributed by atoms with Crippen molar-refractivity contribution in [3.05, 3.63) is 40.9 Å². The van der Waals surface area contributed by atoms with E-state index >= 15 is 0 Å². The summed E-state index contributed by atoms with van der Waals surface area (Å²) in [7, 11) is 0. The largest absolute Gasteiger partial charge is 0.391 e. The van der Waals surface area contributed by atoms with Crippen LogP contribution in [0.25, 0.3) is 6.08 Å². The van der Waals surface area contributed by atoms with Crippen LogP contribution < -0.4 is 0 Å². The molecule has 0 radical (unpaired) electrons. The lowest BCUT2D eigenvalue weighted by atomic mass is 10.2. The van der Waals surface area contributed by atoms with Crippen molar-refractivity contribution in [1.82, 2.24) is 4.90 Å². The van der Waals surface area contributed by atoms with Crippen LogP contribution in [0.1, 0.15) is 12.0 Å². The van der Waals surface area contributed by atoms with Gasteiger partial charge < -0.3 is 10.0 Å². The summed E-state index contributed by atoms with van der Waals surface area (Å²) in [6.07, 6.45) is 3.48. The number of hydrogen-bond acceptors (Lipinski definition) is 2. The standard InChI is InChI=1S/C13H14ClNO2/c14-12-4-2-1-3-10(12)5-6-13(17)15-8-7-11(16)9-15/h1-6,11,16H,7-9H2/t11-/m1/s1. The zero-order valence-electron chi connectivity index (χ0n) is 9.34. The van der Waals surface area contributed by atoms with Crippen LogP contribution in [0.5, 0.6) is 0 Å². The second kappa shape index (κ2) is 5.34. The molecule has 4 heteroatoms. The normalized spacial score (nSPS) is 20.1. The molecule has 1 aromatic rings. The van der Waals surface area contributed by atoms with Crippen LogP contribution in [0, 0.1) is 0 Å². The van der Waals surface area contributed by atoms with E-state index in [1.54, 1.807) is 17.0 Å². The predicted molar refractivity (Wildman–Crippen MR) is 67.7 cm³/mol. The number of hydrogen-bond donors (Lipinski definition) is 1. The summed E-state index contributed by atoms with van der Waals surface area (Å²) in [5.74, 6) is -0.0820. The van der Waals surface area contributed by atoms with Crippen LogP contribution in [-0.2, 0) is 4.79 Å². The molecule has 1 aliphatic rings. The average molecular weight is 252 g/mol. The third-order valence-electron chi connectivity index (χ3n) is 2.79. The molecule has 0 spiro atoms. The van der Waals surface area contributed by atoms with E-state index in [9.17, 15) is 9.90 Å². The molecule has 0 aromatic heterocycles. The molecule has 1 fully saturated rings. The van der Waals surface area contributed by atoms with Crippen LogP contribution in [0.3, 0.4) is 0 Å². The first-order valence-corrected chi connectivity index (χ1v) is 5.94. The topological polar surface area (TPSA) is 40.5 Å². The van der Waals surface area contributed by atoms with Gasteiger partial charge in [0.1, 0.15) is 0 Å². The number of benzene rings is 1. The fourth-order valence-corrected chi connectivity index (χ4v) is 2.02. The Morgan fingerprint density at radius 3 is 2.88 bits per heavy atom. The SMILES string of the molecule is O=C(C=Cc1ccccc1Cl)N1CC[C@@H](O)C1. The van der Waals surface area contributed by atoms with Crippen molar-refractivity contribution in [1.29, 1.82) is 0 Å². The van der Waals surface area contributed by atoms with E-state index in [0.29, 0.717) is 24.5 Å². The monoisotopic (exact) mass is 251 g/mol. The first-order valence-electron chi connectivity index (χ1n) is 5.56. The molecule has 0 aliphatic carbocycles. The molecular formula is C13H14ClNO2. The van der Waals surface area contributed by atoms with E-state index < -0.39 is 0 Å². The molecule has 1 atom stereocenters. The van der Waals surface area contributed by atoms with E-state index in [1.807, 2.05) is 18.2 Å². The van der Waals surface area contributed by atoms with E-state index in [-0.39, 0.29) is 12.0 Å². The number of aliphatic hydroxyl groups is 1. The van der Waals surface area contributed by atoms with Gasteiger partial charge in [0, 0.05) is 24.2 Å². The highest BCUT2D eigenvalue weighted by Crippen LogP contribution is 2.17. The third-order valence-corrected chi connectivity index (χ3v) is 3.13. The molecule has 3 nitrogen and oxygen atoms in total. The number of carbonyl (C=O) groups is 1. The van der Waals surface area contributed by atoms with Crippen molar-refractivity contribution in [2.24, 2.45) is 0 Å². The van der Waals surface area contributed by atoms with Gasteiger partial charge in [0.05, 0.1) is 6.10 Å². The minimum absolute atomic E-state index is 0.0820. The van der Waals surface area contributed by atoms with Gasteiger partial charge in [-0.05, 0) is 24.1 Å². The van der Waals surface area contributed by atoms with Gasteiger partial charge in [-0.3, -0.25) is 4.79 Å². The second-order valence-electron chi connectivity index (χ2n) is 4.08. The van der Waals surface area contributed by atoms with Gasteiger partial charge in [0.25, 0.3) is 0 Å². The number of halogens is 1. The molecule has 1 aromatic carbocycles. The molecule has 17 heavy (non-hydrogen) atoms. The molecule has 90 valence electrons. The Hall–Kier alpha value is -1.32. The van der Waals surface area contributed by atoms with E-state index in [1.165, 1.54) is 6.08 Å². The lowest BCUT2D eigenvalue weighted by Crippen LogP contribution is -2.27. The van der Waals surface area contributed by atoms with Gasteiger partial charge in [-0.1, -0.05) is 29.8 Å². The van der Waals surface area contributed by atoms with Crippen LogP contribution in [-0.4, -0.2) is 35.1 Å². The molecule has 0 saturated carbocycles. The number of β-amino-alcohol motifs (C(OH)–C–C–N with tert-alkyl or cyclic N) is 1. The van der Waals surface area contributed by atoms with Gasteiger partial charge in [-0.2, -0.15) is 0 Å². The minimum atomic E-state index is -0.382. The zero-order chi connectivity index (χ0) is 12.3. The number of rotatable bonds is 2. The molecular weight excluding hydrogens is 238 g/mol. The molecule has 1 saturated heterocycles. The summed E-state index contributed by atoms with van der Waals surface area (Å²) >= 11 is 5.97. The maximum atomic E-state index is 11.8. The number of amides is 1. The van der Waals surface area contributed by atoms with Gasteiger partial charge in [0.2, 0.25) is 5.91 Å². The Kier molecular flexibility index (Phi) is 3.82. The second-order valence-corrected chi connectivity index (χ2v) is 4.49. The quantitative estimate of drug-likeness (QED) is 0.817. The van der Waals surface area contributed by atoms with Crippen molar-refractivity contribution < 1.29 is 9.90 Å². The Balaban J connectivity index is 2.01. The van der Waals surface area contributed by atoms with Gasteiger partial charge >= 0.3 is 0 Å². The smallest absolute Gasteiger partial charge is 0.246 e. The van der Waals surface area contributed by atoms with Crippen molar-refractivity contribution >= 4 is 23.6 Å². The maximum Gasteiger partial charge on any atom is 0.246 e. The summed E-state index contributed by atoms with van der Waals surface area (Å²) in [4.78, 5) is 13.4. The van der Waals surface area contributed by atoms with Crippen molar-refractivity contribution in [2.45, 2.75) is 12.5 Å². The average Bonchev–Trinajstić information content (AvgIpc) is 2.74. The fraction of sp³-hybridized carbons (Fsp3) is 0.308. The van der Waals surface area contributed by atoms with Crippen LogP contribution >= 0.6 is 11.6 Å². The summed E-state index contributed by atoms with van der Waals surface area (Å²) < 4.78 is 0. The van der Waals surface area contributed by atoms with Crippen LogP contribution in [0.15, 0.2) is 30.3 Å². The predicted octanol–water partition coefficient (Wildman–Crippen LogP) is 1.95. The molecule has 2 rings (SSSR count). The fourth-order valence-electron chi connectivity index (χ4n) is 1.82. The number of carbonyl (C=O) groups excluding carboxylic acids is 1. The molecule has 1 amide bonds. The van der Waals surface area contributed by atoms with E-state index in [0.717, 1.165) is 5.56 Å². The number of likely N-dealkylation sites (tertiary alicyclic amines) is 1. The molecule has 0 unspecified atom stereocenters. The molecule has 1 aliphatic heterocycles. The van der Waals surface area contributed by atoms with Crippen LogP contribution in [0.2, 0.25) is 5.02 Å². The Labute approximate surface area is 105 Å². The third kappa shape index (κ3) is 3.08. The Bertz CT molecular complexity index is 445. The molecule has 1 N–H and O–H groups in total. The van der Waals surface area contributed by atoms with Gasteiger partial charge in [0.15, 0.2) is 0 Å². The van der Waals surface area contributed by atoms with Gasteiger partial charge in [-0.15, -0.1) is 0 Å². The molecule has 0 bridgehead atoms. The van der Waals surface area contributed by atoms with Gasteiger partial charge in [-0.25, -0.2) is 0 Å². The maximum absolute atomic E-state index is 11.8.